The molecule has 134 valence electrons. The van der Waals surface area contributed by atoms with Crippen molar-refractivity contribution < 1.29 is 9.53 Å². The van der Waals surface area contributed by atoms with Crippen LogP contribution in [0.4, 0.5) is 0 Å². The number of hydrogen-bond donors (Lipinski definition) is 1. The lowest BCUT2D eigenvalue weighted by atomic mass is 10.2. The Labute approximate surface area is 153 Å². The van der Waals surface area contributed by atoms with E-state index >= 15 is 0 Å². The summed E-state index contributed by atoms with van der Waals surface area (Å²) in [6.07, 6.45) is 6.56. The fourth-order valence-corrected chi connectivity index (χ4v) is 2.54. The van der Waals surface area contributed by atoms with Gasteiger partial charge in [0.2, 0.25) is 5.91 Å². The van der Waals surface area contributed by atoms with Crippen molar-refractivity contribution in [2.75, 3.05) is 6.61 Å². The molecule has 1 heterocycles. The van der Waals surface area contributed by atoms with Gasteiger partial charge in [0.1, 0.15) is 5.75 Å². The third-order valence-electron chi connectivity index (χ3n) is 4.07. The number of hydrogen-bond acceptors (Lipinski definition) is 3. The molecule has 0 bridgehead atoms. The fourth-order valence-electron chi connectivity index (χ4n) is 2.54. The number of ether oxygens (including phenoxy) is 1. The first-order valence-electron chi connectivity index (χ1n) is 8.74. The van der Waals surface area contributed by atoms with Gasteiger partial charge in [0.05, 0.1) is 12.9 Å². The highest BCUT2D eigenvalue weighted by atomic mass is 16.5. The minimum absolute atomic E-state index is 0.0381. The van der Waals surface area contributed by atoms with Gasteiger partial charge >= 0.3 is 0 Å². The van der Waals surface area contributed by atoms with Crippen LogP contribution in [0.1, 0.15) is 24.0 Å². The van der Waals surface area contributed by atoms with E-state index in [0.717, 1.165) is 17.0 Å². The van der Waals surface area contributed by atoms with Gasteiger partial charge in [-0.3, -0.25) is 4.79 Å². The van der Waals surface area contributed by atoms with Crippen LogP contribution >= 0.6 is 0 Å². The minimum atomic E-state index is 0.0381. The van der Waals surface area contributed by atoms with Crippen LogP contribution in [0.5, 0.6) is 5.75 Å². The Morgan fingerprint density at radius 2 is 1.88 bits per heavy atom. The third-order valence-corrected chi connectivity index (χ3v) is 4.07. The average Bonchev–Trinajstić information content (AvgIpc) is 3.20. The molecule has 0 spiro atoms. The third kappa shape index (κ3) is 5.21. The molecule has 0 radical (unpaired) electrons. The Morgan fingerprint density at radius 3 is 2.58 bits per heavy atom. The van der Waals surface area contributed by atoms with Crippen LogP contribution in [-0.4, -0.2) is 22.1 Å². The Balaban J connectivity index is 1.35. The van der Waals surface area contributed by atoms with Gasteiger partial charge in [0, 0.05) is 31.0 Å². The van der Waals surface area contributed by atoms with Gasteiger partial charge in [-0.25, -0.2) is 4.98 Å². The van der Waals surface area contributed by atoms with Gasteiger partial charge in [0.25, 0.3) is 0 Å². The standard InChI is InChI=1S/C21H23N3O2/c1-17-4-10-20(11-5-17)26-14-2-3-21(25)23-15-18-6-8-19(9-7-18)24-13-12-22-16-24/h4-13,16H,2-3,14-15H2,1H3,(H,23,25). The van der Waals surface area contributed by atoms with Gasteiger partial charge in [-0.1, -0.05) is 29.8 Å². The topological polar surface area (TPSA) is 56.1 Å². The predicted molar refractivity (Wildman–Crippen MR) is 101 cm³/mol. The summed E-state index contributed by atoms with van der Waals surface area (Å²) in [5.74, 6) is 0.880. The molecule has 1 aromatic heterocycles. The molecule has 26 heavy (non-hydrogen) atoms. The molecule has 3 rings (SSSR count). The SMILES string of the molecule is Cc1ccc(OCCCC(=O)NCc2ccc(-n3ccnc3)cc2)cc1. The first-order chi connectivity index (χ1) is 12.7. The molecule has 0 saturated carbocycles. The Morgan fingerprint density at radius 1 is 1.12 bits per heavy atom. The monoisotopic (exact) mass is 349 g/mol. The van der Waals surface area contributed by atoms with E-state index in [0.29, 0.717) is 26.0 Å². The fraction of sp³-hybridized carbons (Fsp3) is 0.238. The van der Waals surface area contributed by atoms with E-state index in [2.05, 4.69) is 10.3 Å². The summed E-state index contributed by atoms with van der Waals surface area (Å²) in [5.41, 5.74) is 3.32. The zero-order valence-electron chi connectivity index (χ0n) is 14.9. The van der Waals surface area contributed by atoms with Crippen LogP contribution in [0.2, 0.25) is 0 Å². The average molecular weight is 349 g/mol. The Hall–Kier alpha value is -3.08. The van der Waals surface area contributed by atoms with Crippen molar-refractivity contribution in [2.24, 2.45) is 0 Å². The van der Waals surface area contributed by atoms with Crippen molar-refractivity contribution in [3.8, 4) is 11.4 Å². The van der Waals surface area contributed by atoms with Crippen LogP contribution in [0, 0.1) is 6.92 Å². The van der Waals surface area contributed by atoms with Crippen LogP contribution in [0.25, 0.3) is 5.69 Å². The second-order valence-electron chi connectivity index (χ2n) is 6.18. The molecule has 5 heteroatoms. The summed E-state index contributed by atoms with van der Waals surface area (Å²) in [5, 5.41) is 2.95. The van der Waals surface area contributed by atoms with Gasteiger partial charge in [-0.05, 0) is 43.2 Å². The number of amides is 1. The van der Waals surface area contributed by atoms with E-state index < -0.39 is 0 Å². The lowest BCUT2D eigenvalue weighted by Crippen LogP contribution is -2.23. The van der Waals surface area contributed by atoms with E-state index in [1.165, 1.54) is 5.56 Å². The Bertz CT molecular complexity index is 809. The number of nitrogens with one attached hydrogen (secondary N) is 1. The zero-order chi connectivity index (χ0) is 18.2. The number of carbonyl (C=O) groups is 1. The zero-order valence-corrected chi connectivity index (χ0v) is 14.9. The molecule has 0 aliphatic carbocycles. The summed E-state index contributed by atoms with van der Waals surface area (Å²) < 4.78 is 7.58. The minimum Gasteiger partial charge on any atom is -0.494 e. The summed E-state index contributed by atoms with van der Waals surface area (Å²) in [4.78, 5) is 16.0. The van der Waals surface area contributed by atoms with Gasteiger partial charge in [-0.2, -0.15) is 0 Å². The maximum atomic E-state index is 11.9. The first kappa shape index (κ1) is 17.7. The number of imidazole rings is 1. The highest BCUT2D eigenvalue weighted by molar-refractivity contribution is 5.75. The van der Waals surface area contributed by atoms with Crippen LogP contribution < -0.4 is 10.1 Å². The summed E-state index contributed by atoms with van der Waals surface area (Å²) >= 11 is 0. The molecule has 5 nitrogen and oxygen atoms in total. The molecule has 0 aliphatic heterocycles. The molecule has 0 aliphatic rings. The predicted octanol–water partition coefficient (Wildman–Crippen LogP) is 3.66. The highest BCUT2D eigenvalue weighted by Gasteiger charge is 2.03. The van der Waals surface area contributed by atoms with E-state index in [1.54, 1.807) is 12.5 Å². The van der Waals surface area contributed by atoms with Crippen LogP contribution in [-0.2, 0) is 11.3 Å². The number of aryl methyl sites for hydroxylation is 1. The molecular weight excluding hydrogens is 326 g/mol. The second-order valence-corrected chi connectivity index (χ2v) is 6.18. The summed E-state index contributed by atoms with van der Waals surface area (Å²) in [6.45, 7) is 3.11. The van der Waals surface area contributed by atoms with E-state index in [9.17, 15) is 4.79 Å². The molecule has 0 saturated heterocycles. The van der Waals surface area contributed by atoms with Crippen molar-refractivity contribution >= 4 is 5.91 Å². The number of benzene rings is 2. The summed E-state index contributed by atoms with van der Waals surface area (Å²) in [6, 6.07) is 16.0. The van der Waals surface area contributed by atoms with Crippen molar-refractivity contribution in [1.82, 2.24) is 14.9 Å². The highest BCUT2D eigenvalue weighted by Crippen LogP contribution is 2.12. The number of carbonyl (C=O) groups excluding carboxylic acids is 1. The van der Waals surface area contributed by atoms with Crippen molar-refractivity contribution in [3.05, 3.63) is 78.4 Å². The summed E-state index contributed by atoms with van der Waals surface area (Å²) in [7, 11) is 0. The maximum absolute atomic E-state index is 11.9. The molecule has 0 unspecified atom stereocenters. The van der Waals surface area contributed by atoms with Gasteiger partial charge in [-0.15, -0.1) is 0 Å². The lowest BCUT2D eigenvalue weighted by molar-refractivity contribution is -0.121. The van der Waals surface area contributed by atoms with E-state index in [1.807, 2.05) is 66.2 Å². The van der Waals surface area contributed by atoms with Crippen molar-refractivity contribution in [1.29, 1.82) is 0 Å². The molecule has 0 atom stereocenters. The lowest BCUT2D eigenvalue weighted by Gasteiger charge is -2.08. The second kappa shape index (κ2) is 8.85. The van der Waals surface area contributed by atoms with Crippen molar-refractivity contribution in [3.63, 3.8) is 0 Å². The molecular formula is C21H23N3O2. The van der Waals surface area contributed by atoms with E-state index in [-0.39, 0.29) is 5.91 Å². The van der Waals surface area contributed by atoms with Crippen LogP contribution in [0.3, 0.4) is 0 Å². The number of aromatic nitrogens is 2. The number of rotatable bonds is 8. The van der Waals surface area contributed by atoms with Gasteiger partial charge < -0.3 is 14.6 Å². The maximum Gasteiger partial charge on any atom is 0.220 e. The normalized spacial score (nSPS) is 10.5. The first-order valence-corrected chi connectivity index (χ1v) is 8.74. The molecule has 3 aromatic rings. The molecule has 1 N–H and O–H groups in total. The molecule has 2 aromatic carbocycles. The largest absolute Gasteiger partial charge is 0.494 e. The van der Waals surface area contributed by atoms with Gasteiger partial charge in [0.15, 0.2) is 0 Å². The smallest absolute Gasteiger partial charge is 0.220 e. The van der Waals surface area contributed by atoms with Crippen molar-refractivity contribution in [2.45, 2.75) is 26.3 Å². The molecule has 0 fully saturated rings. The number of nitrogens with zero attached hydrogens (tertiary/aromatic N) is 2. The quantitative estimate of drug-likeness (QED) is 0.632. The Kier molecular flexibility index (Phi) is 6.04. The molecule has 1 amide bonds. The van der Waals surface area contributed by atoms with Crippen LogP contribution in [0.15, 0.2) is 67.3 Å². The van der Waals surface area contributed by atoms with E-state index in [4.69, 9.17) is 4.74 Å².